The molecule has 0 aromatic heterocycles. The molecule has 0 heterocycles. The van der Waals surface area contributed by atoms with Crippen LogP contribution in [0.4, 0.5) is 0 Å². The van der Waals surface area contributed by atoms with Crippen molar-refractivity contribution in [1.29, 1.82) is 0 Å². The predicted molar refractivity (Wildman–Crippen MR) is 73.0 cm³/mol. The summed E-state index contributed by atoms with van der Waals surface area (Å²) >= 11 is 0. The van der Waals surface area contributed by atoms with Crippen LogP contribution in [0.3, 0.4) is 0 Å². The number of carbonyl (C=O) groups is 1. The lowest BCUT2D eigenvalue weighted by molar-refractivity contribution is -0.131. The van der Waals surface area contributed by atoms with Gasteiger partial charge in [-0.25, -0.2) is 0 Å². The molecule has 1 amide bonds. The molecule has 106 valence electrons. The zero-order chi connectivity index (χ0) is 13.6. The second-order valence-corrected chi connectivity index (χ2v) is 5.51. The quantitative estimate of drug-likeness (QED) is 0.673. The number of rotatable bonds is 6. The molecule has 0 aromatic rings. The van der Waals surface area contributed by atoms with Gasteiger partial charge in [0.05, 0.1) is 11.5 Å². The van der Waals surface area contributed by atoms with Crippen molar-refractivity contribution >= 4 is 5.91 Å². The molecule has 0 aliphatic heterocycles. The second kappa shape index (κ2) is 7.10. The Morgan fingerprint density at radius 2 is 1.94 bits per heavy atom. The van der Waals surface area contributed by atoms with Gasteiger partial charge in [0.2, 0.25) is 5.91 Å². The normalized spacial score (nSPS) is 24.9. The summed E-state index contributed by atoms with van der Waals surface area (Å²) in [4.78, 5) is 12.2. The van der Waals surface area contributed by atoms with Gasteiger partial charge in [-0.1, -0.05) is 26.7 Å². The molecule has 1 rings (SSSR count). The van der Waals surface area contributed by atoms with Crippen molar-refractivity contribution in [3.8, 4) is 0 Å². The Morgan fingerprint density at radius 1 is 1.33 bits per heavy atom. The Morgan fingerprint density at radius 3 is 2.44 bits per heavy atom. The van der Waals surface area contributed by atoms with Gasteiger partial charge < -0.3 is 16.2 Å². The fourth-order valence-corrected chi connectivity index (χ4v) is 2.79. The number of carbonyl (C=O) groups excluding carboxylic acids is 1. The van der Waals surface area contributed by atoms with Crippen molar-refractivity contribution in [3.63, 3.8) is 0 Å². The molecule has 1 fully saturated rings. The summed E-state index contributed by atoms with van der Waals surface area (Å²) in [7, 11) is 0. The first kappa shape index (κ1) is 15.4. The smallest absolute Gasteiger partial charge is 0.227 e. The molecule has 4 N–H and O–H groups in total. The first-order valence-corrected chi connectivity index (χ1v) is 7.26. The van der Waals surface area contributed by atoms with E-state index in [2.05, 4.69) is 5.32 Å². The first-order chi connectivity index (χ1) is 8.59. The average Bonchev–Trinajstić information content (AvgIpc) is 2.40. The number of aliphatic hydroxyl groups is 1. The largest absolute Gasteiger partial charge is 0.393 e. The molecule has 0 saturated heterocycles. The lowest BCUT2D eigenvalue weighted by Crippen LogP contribution is -2.47. The molecule has 1 saturated carbocycles. The van der Waals surface area contributed by atoms with E-state index in [4.69, 9.17) is 5.73 Å². The van der Waals surface area contributed by atoms with E-state index in [9.17, 15) is 9.90 Å². The van der Waals surface area contributed by atoms with Crippen molar-refractivity contribution in [2.24, 2.45) is 17.1 Å². The van der Waals surface area contributed by atoms with Crippen LogP contribution in [0.1, 0.15) is 52.4 Å². The molecule has 2 atom stereocenters. The summed E-state index contributed by atoms with van der Waals surface area (Å²) in [5, 5.41) is 12.9. The fourth-order valence-electron chi connectivity index (χ4n) is 2.79. The molecule has 1 aliphatic carbocycles. The minimum Gasteiger partial charge on any atom is -0.393 e. The molecule has 1 aliphatic rings. The van der Waals surface area contributed by atoms with Gasteiger partial charge in [0.15, 0.2) is 0 Å². The molecule has 0 bridgehead atoms. The van der Waals surface area contributed by atoms with Crippen LogP contribution < -0.4 is 11.1 Å². The van der Waals surface area contributed by atoms with E-state index in [0.29, 0.717) is 13.1 Å². The highest BCUT2D eigenvalue weighted by Crippen LogP contribution is 2.27. The summed E-state index contributed by atoms with van der Waals surface area (Å²) < 4.78 is 0. The molecule has 0 aromatic carbocycles. The minimum atomic E-state index is -0.431. The molecule has 4 heteroatoms. The van der Waals surface area contributed by atoms with Crippen molar-refractivity contribution < 1.29 is 9.90 Å². The van der Waals surface area contributed by atoms with E-state index >= 15 is 0 Å². The van der Waals surface area contributed by atoms with Gasteiger partial charge in [-0.2, -0.15) is 0 Å². The van der Waals surface area contributed by atoms with Crippen molar-refractivity contribution in [1.82, 2.24) is 5.32 Å². The van der Waals surface area contributed by atoms with E-state index in [1.54, 1.807) is 0 Å². The van der Waals surface area contributed by atoms with Gasteiger partial charge in [0.1, 0.15) is 0 Å². The molecule has 0 radical (unpaired) electrons. The van der Waals surface area contributed by atoms with Gasteiger partial charge in [-0.3, -0.25) is 4.79 Å². The topological polar surface area (TPSA) is 75.4 Å². The summed E-state index contributed by atoms with van der Waals surface area (Å²) in [6.07, 6.45) is 5.40. The highest BCUT2D eigenvalue weighted by molar-refractivity contribution is 5.82. The lowest BCUT2D eigenvalue weighted by atomic mass is 9.81. The molecule has 2 unspecified atom stereocenters. The van der Waals surface area contributed by atoms with Crippen molar-refractivity contribution in [2.45, 2.75) is 58.5 Å². The monoisotopic (exact) mass is 256 g/mol. The van der Waals surface area contributed by atoms with E-state index in [0.717, 1.165) is 38.5 Å². The Kier molecular flexibility index (Phi) is 6.09. The minimum absolute atomic E-state index is 0.0489. The van der Waals surface area contributed by atoms with Crippen LogP contribution in [0.25, 0.3) is 0 Å². The number of nitrogens with two attached hydrogens (primary N) is 1. The van der Waals surface area contributed by atoms with E-state index in [1.807, 2.05) is 13.8 Å². The number of amides is 1. The highest BCUT2D eigenvalue weighted by atomic mass is 16.3. The third-order valence-electron chi connectivity index (χ3n) is 4.62. The van der Waals surface area contributed by atoms with Crippen LogP contribution in [0, 0.1) is 11.3 Å². The van der Waals surface area contributed by atoms with Crippen LogP contribution in [0.5, 0.6) is 0 Å². The molecular weight excluding hydrogens is 228 g/mol. The van der Waals surface area contributed by atoms with Crippen LogP contribution in [-0.2, 0) is 4.79 Å². The van der Waals surface area contributed by atoms with Crippen LogP contribution in [0.15, 0.2) is 0 Å². The van der Waals surface area contributed by atoms with E-state index in [1.165, 1.54) is 0 Å². The number of nitrogens with one attached hydrogen (secondary N) is 1. The standard InChI is InChI=1S/C14H28N2O2/c1-3-14(4-2,10-15)13(18)16-9-11-7-5-6-8-12(11)17/h11-12,17H,3-10,15H2,1-2H3,(H,16,18). The highest BCUT2D eigenvalue weighted by Gasteiger charge is 2.34. The van der Waals surface area contributed by atoms with Crippen LogP contribution in [-0.4, -0.2) is 30.2 Å². The summed E-state index contributed by atoms with van der Waals surface area (Å²) in [6, 6.07) is 0. The molecule has 4 nitrogen and oxygen atoms in total. The number of hydrogen-bond acceptors (Lipinski definition) is 3. The zero-order valence-electron chi connectivity index (χ0n) is 11.7. The average molecular weight is 256 g/mol. The summed E-state index contributed by atoms with van der Waals surface area (Å²) in [5.41, 5.74) is 5.32. The first-order valence-electron chi connectivity index (χ1n) is 7.26. The summed E-state index contributed by atoms with van der Waals surface area (Å²) in [5.74, 6) is 0.264. The Labute approximate surface area is 110 Å². The molecule has 18 heavy (non-hydrogen) atoms. The fraction of sp³-hybridized carbons (Fsp3) is 0.929. The molecular formula is C14H28N2O2. The predicted octanol–water partition coefficient (Wildman–Crippen LogP) is 1.42. The maximum absolute atomic E-state index is 12.2. The Balaban J connectivity index is 2.48. The zero-order valence-corrected chi connectivity index (χ0v) is 11.7. The number of hydrogen-bond donors (Lipinski definition) is 3. The SMILES string of the molecule is CCC(CC)(CN)C(=O)NCC1CCCCC1O. The molecule has 0 spiro atoms. The van der Waals surface area contributed by atoms with Gasteiger partial charge in [0.25, 0.3) is 0 Å². The van der Waals surface area contributed by atoms with Crippen LogP contribution >= 0.6 is 0 Å². The third kappa shape index (κ3) is 3.45. The van der Waals surface area contributed by atoms with E-state index < -0.39 is 5.41 Å². The maximum Gasteiger partial charge on any atom is 0.227 e. The van der Waals surface area contributed by atoms with Gasteiger partial charge in [0, 0.05) is 19.0 Å². The number of aliphatic hydroxyl groups excluding tert-OH is 1. The summed E-state index contributed by atoms with van der Waals surface area (Å²) in [6.45, 7) is 4.98. The van der Waals surface area contributed by atoms with E-state index in [-0.39, 0.29) is 17.9 Å². The lowest BCUT2D eigenvalue weighted by Gasteiger charge is -2.32. The van der Waals surface area contributed by atoms with Gasteiger partial charge >= 0.3 is 0 Å². The second-order valence-electron chi connectivity index (χ2n) is 5.51. The van der Waals surface area contributed by atoms with Gasteiger partial charge in [-0.15, -0.1) is 0 Å². The third-order valence-corrected chi connectivity index (χ3v) is 4.62. The Hall–Kier alpha value is -0.610. The van der Waals surface area contributed by atoms with Crippen molar-refractivity contribution in [3.05, 3.63) is 0 Å². The van der Waals surface area contributed by atoms with Crippen LogP contribution in [0.2, 0.25) is 0 Å². The van der Waals surface area contributed by atoms with Crippen molar-refractivity contribution in [2.75, 3.05) is 13.1 Å². The van der Waals surface area contributed by atoms with Gasteiger partial charge in [-0.05, 0) is 25.7 Å². The maximum atomic E-state index is 12.2. The Bertz CT molecular complexity index is 256.